The largest absolute Gasteiger partial charge is 0.457 e. The maximum atomic E-state index is 12.7. The molecule has 0 unspecified atom stereocenters. The molecule has 0 saturated heterocycles. The molecule has 0 aliphatic heterocycles. The Balaban J connectivity index is 1.20. The summed E-state index contributed by atoms with van der Waals surface area (Å²) < 4.78 is 5.77. The zero-order valence-corrected chi connectivity index (χ0v) is 18.5. The zero-order valence-electron chi connectivity index (χ0n) is 17.7. The van der Waals surface area contributed by atoms with Gasteiger partial charge in [0.25, 0.3) is 11.8 Å². The van der Waals surface area contributed by atoms with Gasteiger partial charge < -0.3 is 15.4 Å². The van der Waals surface area contributed by atoms with Gasteiger partial charge in [-0.2, -0.15) is 0 Å². The number of para-hydroxylation sites is 1. The van der Waals surface area contributed by atoms with Gasteiger partial charge in [0.1, 0.15) is 21.4 Å². The number of nitrogens with zero attached hydrogens (tertiary/aromatic N) is 1. The summed E-state index contributed by atoms with van der Waals surface area (Å²) in [7, 11) is 0. The summed E-state index contributed by atoms with van der Waals surface area (Å²) in [5, 5.41) is 6.58. The number of carbonyl (C=O) groups excluding carboxylic acids is 2. The van der Waals surface area contributed by atoms with Crippen molar-refractivity contribution in [1.82, 2.24) is 10.3 Å². The maximum Gasteiger partial charge on any atom is 0.267 e. The number of hydrogen-bond donors (Lipinski definition) is 2. The molecule has 3 aromatic carbocycles. The minimum atomic E-state index is -0.226. The van der Waals surface area contributed by atoms with E-state index in [1.54, 1.807) is 30.5 Å². The SMILES string of the molecule is O=C(NC1CC1)c1ccc(-c2ncc(C(=O)Nc3ccc(Oc4ccccc4)cc3)s2)cc1. The highest BCUT2D eigenvalue weighted by atomic mass is 32.1. The predicted octanol–water partition coefficient (Wildman–Crippen LogP) is 5.75. The molecule has 5 rings (SSSR count). The molecule has 0 bridgehead atoms. The van der Waals surface area contributed by atoms with Crippen LogP contribution in [0.5, 0.6) is 11.5 Å². The van der Waals surface area contributed by atoms with Crippen molar-refractivity contribution in [2.75, 3.05) is 5.32 Å². The number of benzene rings is 3. The molecule has 0 spiro atoms. The lowest BCUT2D eigenvalue weighted by Gasteiger charge is -2.07. The van der Waals surface area contributed by atoms with Crippen LogP contribution < -0.4 is 15.4 Å². The Morgan fingerprint density at radius 2 is 1.55 bits per heavy atom. The molecule has 0 radical (unpaired) electrons. The summed E-state index contributed by atoms with van der Waals surface area (Å²) in [6.45, 7) is 0. The fraction of sp³-hybridized carbons (Fsp3) is 0.115. The van der Waals surface area contributed by atoms with E-state index in [4.69, 9.17) is 4.74 Å². The van der Waals surface area contributed by atoms with E-state index in [-0.39, 0.29) is 11.8 Å². The molecule has 0 atom stereocenters. The van der Waals surface area contributed by atoms with Crippen molar-refractivity contribution >= 4 is 28.8 Å². The molecule has 1 saturated carbocycles. The number of aromatic nitrogens is 1. The molecule has 7 heteroatoms. The van der Waals surface area contributed by atoms with E-state index in [0.29, 0.717) is 27.9 Å². The summed E-state index contributed by atoms with van der Waals surface area (Å²) >= 11 is 1.30. The second-order valence-electron chi connectivity index (χ2n) is 7.75. The Morgan fingerprint density at radius 3 is 2.24 bits per heavy atom. The van der Waals surface area contributed by atoms with Crippen LogP contribution in [0.4, 0.5) is 5.69 Å². The number of hydrogen-bond acceptors (Lipinski definition) is 5. The van der Waals surface area contributed by atoms with E-state index in [2.05, 4.69) is 15.6 Å². The van der Waals surface area contributed by atoms with Gasteiger partial charge in [-0.1, -0.05) is 30.3 Å². The molecule has 1 fully saturated rings. The van der Waals surface area contributed by atoms with Crippen LogP contribution in [0, 0.1) is 0 Å². The average Bonchev–Trinajstić information content (AvgIpc) is 3.52. The maximum absolute atomic E-state index is 12.7. The second-order valence-corrected chi connectivity index (χ2v) is 8.78. The smallest absolute Gasteiger partial charge is 0.267 e. The van der Waals surface area contributed by atoms with Gasteiger partial charge in [0.2, 0.25) is 0 Å². The molecular weight excluding hydrogens is 434 g/mol. The van der Waals surface area contributed by atoms with Crippen molar-refractivity contribution in [3.05, 3.63) is 95.5 Å². The van der Waals surface area contributed by atoms with E-state index in [1.165, 1.54) is 11.3 Å². The van der Waals surface area contributed by atoms with Crippen molar-refractivity contribution in [1.29, 1.82) is 0 Å². The molecule has 164 valence electrons. The molecular formula is C26H21N3O3S. The predicted molar refractivity (Wildman–Crippen MR) is 129 cm³/mol. The number of amides is 2. The van der Waals surface area contributed by atoms with E-state index < -0.39 is 0 Å². The number of anilines is 1. The molecule has 33 heavy (non-hydrogen) atoms. The fourth-order valence-electron chi connectivity index (χ4n) is 3.20. The van der Waals surface area contributed by atoms with Crippen LogP contribution in [0.25, 0.3) is 10.6 Å². The van der Waals surface area contributed by atoms with E-state index in [9.17, 15) is 9.59 Å². The molecule has 6 nitrogen and oxygen atoms in total. The van der Waals surface area contributed by atoms with Crippen molar-refractivity contribution in [2.45, 2.75) is 18.9 Å². The van der Waals surface area contributed by atoms with Gasteiger partial charge in [0.15, 0.2) is 0 Å². The highest BCUT2D eigenvalue weighted by Gasteiger charge is 2.23. The first-order chi connectivity index (χ1) is 16.1. The third-order valence-corrected chi connectivity index (χ3v) is 6.17. The summed E-state index contributed by atoms with van der Waals surface area (Å²) in [5.74, 6) is 1.16. The lowest BCUT2D eigenvalue weighted by Crippen LogP contribution is -2.25. The summed E-state index contributed by atoms with van der Waals surface area (Å²) in [5.41, 5.74) is 2.16. The van der Waals surface area contributed by atoms with Crippen LogP contribution in [0.2, 0.25) is 0 Å². The van der Waals surface area contributed by atoms with Crippen LogP contribution >= 0.6 is 11.3 Å². The van der Waals surface area contributed by atoms with Crippen molar-refractivity contribution in [3.63, 3.8) is 0 Å². The Hall–Kier alpha value is -3.97. The number of nitrogens with one attached hydrogen (secondary N) is 2. The van der Waals surface area contributed by atoms with Gasteiger partial charge in [0, 0.05) is 22.9 Å². The highest BCUT2D eigenvalue weighted by molar-refractivity contribution is 7.17. The Bertz CT molecular complexity index is 1260. The average molecular weight is 456 g/mol. The van der Waals surface area contributed by atoms with Crippen LogP contribution in [0.15, 0.2) is 85.1 Å². The summed E-state index contributed by atoms with van der Waals surface area (Å²) in [6.07, 6.45) is 3.68. The minimum Gasteiger partial charge on any atom is -0.457 e. The quantitative estimate of drug-likeness (QED) is 0.372. The second kappa shape index (κ2) is 9.26. The Kier molecular flexibility index (Phi) is 5.87. The number of rotatable bonds is 7. The highest BCUT2D eigenvalue weighted by Crippen LogP contribution is 2.27. The lowest BCUT2D eigenvalue weighted by molar-refractivity contribution is 0.0950. The summed E-state index contributed by atoms with van der Waals surface area (Å²) in [4.78, 5) is 29.7. The number of carbonyl (C=O) groups is 2. The summed E-state index contributed by atoms with van der Waals surface area (Å²) in [6, 6.07) is 24.3. The van der Waals surface area contributed by atoms with Gasteiger partial charge in [-0.15, -0.1) is 11.3 Å². The van der Waals surface area contributed by atoms with E-state index >= 15 is 0 Å². The molecule has 1 aromatic heterocycles. The monoisotopic (exact) mass is 455 g/mol. The number of thiazole rings is 1. The van der Waals surface area contributed by atoms with Crippen molar-refractivity contribution in [3.8, 4) is 22.1 Å². The first kappa shape index (κ1) is 20.9. The van der Waals surface area contributed by atoms with Crippen LogP contribution in [-0.4, -0.2) is 22.8 Å². The Labute approximate surface area is 195 Å². The number of ether oxygens (including phenoxy) is 1. The van der Waals surface area contributed by atoms with Gasteiger partial charge in [-0.3, -0.25) is 9.59 Å². The molecule has 1 aliphatic rings. The molecule has 2 N–H and O–H groups in total. The zero-order chi connectivity index (χ0) is 22.6. The van der Waals surface area contributed by atoms with Gasteiger partial charge >= 0.3 is 0 Å². The third-order valence-electron chi connectivity index (χ3n) is 5.13. The normalized spacial score (nSPS) is 12.7. The first-order valence-electron chi connectivity index (χ1n) is 10.7. The fourth-order valence-corrected chi connectivity index (χ4v) is 4.01. The molecule has 1 aliphatic carbocycles. The molecule has 1 heterocycles. The minimum absolute atomic E-state index is 0.0524. The van der Waals surface area contributed by atoms with Crippen LogP contribution in [-0.2, 0) is 0 Å². The topological polar surface area (TPSA) is 80.3 Å². The van der Waals surface area contributed by atoms with E-state index in [1.807, 2.05) is 54.6 Å². The van der Waals surface area contributed by atoms with Gasteiger partial charge in [-0.25, -0.2) is 4.98 Å². The van der Waals surface area contributed by atoms with E-state index in [0.717, 1.165) is 29.2 Å². The molecule has 2 amide bonds. The van der Waals surface area contributed by atoms with Gasteiger partial charge in [0.05, 0.1) is 6.20 Å². The standard InChI is InChI=1S/C26H21N3O3S/c30-24(28-19-10-11-19)17-6-8-18(9-7-17)26-27-16-23(33-26)25(31)29-20-12-14-22(15-13-20)32-21-4-2-1-3-5-21/h1-9,12-16,19H,10-11H2,(H,28,30)(H,29,31). The Morgan fingerprint density at radius 1 is 0.848 bits per heavy atom. The van der Waals surface area contributed by atoms with Gasteiger partial charge in [-0.05, 0) is 61.4 Å². The molecule has 4 aromatic rings. The van der Waals surface area contributed by atoms with Crippen LogP contribution in [0.1, 0.15) is 32.9 Å². The van der Waals surface area contributed by atoms with Crippen LogP contribution in [0.3, 0.4) is 0 Å². The third kappa shape index (κ3) is 5.27. The lowest BCUT2D eigenvalue weighted by atomic mass is 10.1. The first-order valence-corrected chi connectivity index (χ1v) is 11.5. The van der Waals surface area contributed by atoms with Crippen molar-refractivity contribution in [2.24, 2.45) is 0 Å². The van der Waals surface area contributed by atoms with Crippen molar-refractivity contribution < 1.29 is 14.3 Å².